The number of carbonyl (C=O) groups excluding carboxylic acids is 3. The fourth-order valence-corrected chi connectivity index (χ4v) is 5.65. The minimum Gasteiger partial charge on any atom is -0.508 e. The van der Waals surface area contributed by atoms with Gasteiger partial charge in [0.1, 0.15) is 17.2 Å². The maximum Gasteiger partial charge on any atom is 0.169 e. The van der Waals surface area contributed by atoms with Gasteiger partial charge < -0.3 is 46.0 Å². The lowest BCUT2D eigenvalue weighted by atomic mass is 10.0. The molecule has 0 radical (unpaired) electrons. The lowest BCUT2D eigenvalue weighted by Crippen LogP contribution is -2.00. The van der Waals surface area contributed by atoms with E-state index in [0.717, 1.165) is 64.2 Å². The first kappa shape index (κ1) is 49.6. The number of unbranched alkanes of at least 4 members (excludes halogenated alkanes) is 9. The standard InChI is InChI=1S/C17H24O4.C15H22O4.C13H18O4/c1-3-4-5-6-7-8-9-10-14(18)13-11-15(19)12(2)16(20)17(13)21;1-3-4-5-6-7-8-12(16)11-9-13(17)10(2)14(18)15(11)19;1-3-4-5-6-10(14)9-7-11(15)8(2)12(16)13(9)17/h7-8,11,19-21H,3-6,9-10H2,1-2H3;9,17-19H,3-8H2,1-2H3;7,15-17H,3-6H2,1-2H3/b8-7+;;. The molecule has 0 aliphatic carbocycles. The summed E-state index contributed by atoms with van der Waals surface area (Å²) >= 11 is 0. The van der Waals surface area contributed by atoms with Gasteiger partial charge >= 0.3 is 0 Å². The summed E-state index contributed by atoms with van der Waals surface area (Å²) in [5.41, 5.74) is 0.470. The molecular formula is C45H64O12. The van der Waals surface area contributed by atoms with Gasteiger partial charge in [-0.1, -0.05) is 84.3 Å². The largest absolute Gasteiger partial charge is 0.508 e. The molecule has 9 N–H and O–H groups in total. The Morgan fingerprint density at radius 1 is 0.404 bits per heavy atom. The second-order valence-corrected chi connectivity index (χ2v) is 14.2. The zero-order valence-corrected chi connectivity index (χ0v) is 34.5. The number of aromatic hydroxyl groups is 9. The van der Waals surface area contributed by atoms with Crippen molar-refractivity contribution in [1.29, 1.82) is 0 Å². The Labute approximate surface area is 336 Å². The Kier molecular flexibility index (Phi) is 22.4. The summed E-state index contributed by atoms with van der Waals surface area (Å²) in [6.07, 6.45) is 17.8. The van der Waals surface area contributed by atoms with Gasteiger partial charge in [0, 0.05) is 36.0 Å². The summed E-state index contributed by atoms with van der Waals surface area (Å²) in [6.45, 7) is 10.7. The van der Waals surface area contributed by atoms with Crippen LogP contribution in [0.2, 0.25) is 0 Å². The molecule has 316 valence electrons. The van der Waals surface area contributed by atoms with Crippen LogP contribution in [0, 0.1) is 20.8 Å². The molecule has 3 rings (SSSR count). The molecule has 0 aliphatic rings. The number of carbonyl (C=O) groups is 3. The first-order valence-electron chi connectivity index (χ1n) is 19.9. The van der Waals surface area contributed by atoms with Gasteiger partial charge in [0.15, 0.2) is 51.8 Å². The van der Waals surface area contributed by atoms with E-state index in [0.29, 0.717) is 19.3 Å². The van der Waals surface area contributed by atoms with Crippen LogP contribution in [0.25, 0.3) is 0 Å². The van der Waals surface area contributed by atoms with Crippen molar-refractivity contribution in [2.24, 2.45) is 0 Å². The van der Waals surface area contributed by atoms with Crippen LogP contribution in [0.3, 0.4) is 0 Å². The number of hydrogen-bond donors (Lipinski definition) is 9. The second kappa shape index (κ2) is 25.7. The highest BCUT2D eigenvalue weighted by Gasteiger charge is 2.21. The number of rotatable bonds is 20. The van der Waals surface area contributed by atoms with E-state index in [1.807, 2.05) is 13.0 Å². The van der Waals surface area contributed by atoms with Crippen molar-refractivity contribution in [2.75, 3.05) is 0 Å². The number of ketones is 3. The molecule has 0 atom stereocenters. The Hall–Kier alpha value is -5.39. The molecule has 0 amide bonds. The molecule has 0 aromatic heterocycles. The van der Waals surface area contributed by atoms with Gasteiger partial charge in [-0.2, -0.15) is 0 Å². The molecule has 0 saturated carbocycles. The van der Waals surface area contributed by atoms with Gasteiger partial charge in [-0.3, -0.25) is 14.4 Å². The highest BCUT2D eigenvalue weighted by atomic mass is 16.3. The van der Waals surface area contributed by atoms with Crippen LogP contribution in [0.1, 0.15) is 171 Å². The van der Waals surface area contributed by atoms with Gasteiger partial charge in [0.2, 0.25) is 0 Å². The van der Waals surface area contributed by atoms with Crippen molar-refractivity contribution < 1.29 is 60.3 Å². The molecule has 3 aromatic rings. The van der Waals surface area contributed by atoms with E-state index >= 15 is 0 Å². The van der Waals surface area contributed by atoms with Crippen molar-refractivity contribution in [3.63, 3.8) is 0 Å². The summed E-state index contributed by atoms with van der Waals surface area (Å²) in [5, 5.41) is 86.6. The fourth-order valence-electron chi connectivity index (χ4n) is 5.65. The molecule has 0 bridgehead atoms. The molecule has 57 heavy (non-hydrogen) atoms. The smallest absolute Gasteiger partial charge is 0.169 e. The maximum atomic E-state index is 12.0. The van der Waals surface area contributed by atoms with Crippen LogP contribution < -0.4 is 0 Å². The van der Waals surface area contributed by atoms with E-state index in [1.165, 1.54) is 51.8 Å². The molecule has 0 unspecified atom stereocenters. The van der Waals surface area contributed by atoms with Crippen LogP contribution in [-0.2, 0) is 0 Å². The predicted octanol–water partition coefficient (Wildman–Crippen LogP) is 10.7. The first-order valence-corrected chi connectivity index (χ1v) is 19.9. The Balaban J connectivity index is 0.000000430. The Bertz CT molecular complexity index is 1810. The topological polar surface area (TPSA) is 233 Å². The predicted molar refractivity (Wildman–Crippen MR) is 222 cm³/mol. The van der Waals surface area contributed by atoms with E-state index < -0.39 is 34.5 Å². The summed E-state index contributed by atoms with van der Waals surface area (Å²) < 4.78 is 0. The normalized spacial score (nSPS) is 10.8. The quantitative estimate of drug-likeness (QED) is 0.0171. The molecule has 0 aliphatic heterocycles. The monoisotopic (exact) mass is 796 g/mol. The summed E-state index contributed by atoms with van der Waals surface area (Å²) in [7, 11) is 0. The zero-order chi connectivity index (χ0) is 43.2. The van der Waals surface area contributed by atoms with Crippen LogP contribution in [0.5, 0.6) is 51.7 Å². The van der Waals surface area contributed by atoms with Gasteiger partial charge in [-0.25, -0.2) is 0 Å². The first-order chi connectivity index (χ1) is 27.0. The van der Waals surface area contributed by atoms with Gasteiger partial charge in [0.05, 0.1) is 16.7 Å². The molecule has 0 saturated heterocycles. The van der Waals surface area contributed by atoms with E-state index in [2.05, 4.69) is 19.9 Å². The third-order valence-electron chi connectivity index (χ3n) is 9.59. The number of allylic oxidation sites excluding steroid dienone is 2. The van der Waals surface area contributed by atoms with Gasteiger partial charge in [-0.15, -0.1) is 0 Å². The minimum atomic E-state index is -0.456. The number of phenolic OH excluding ortho intramolecular Hbond substituents is 9. The average Bonchev–Trinajstić information content (AvgIpc) is 3.19. The van der Waals surface area contributed by atoms with Gasteiger partial charge in [-0.05, 0) is 71.1 Å². The lowest BCUT2D eigenvalue weighted by molar-refractivity contribution is 0.0967. The van der Waals surface area contributed by atoms with Gasteiger partial charge in [0.25, 0.3) is 0 Å². The molecule has 0 heterocycles. The van der Waals surface area contributed by atoms with Crippen molar-refractivity contribution >= 4 is 17.3 Å². The highest BCUT2D eigenvalue weighted by Crippen LogP contribution is 2.40. The molecule has 0 spiro atoms. The van der Waals surface area contributed by atoms with Crippen LogP contribution >= 0.6 is 0 Å². The molecule has 12 heteroatoms. The Morgan fingerprint density at radius 3 is 1.09 bits per heavy atom. The lowest BCUT2D eigenvalue weighted by Gasteiger charge is -2.09. The van der Waals surface area contributed by atoms with Crippen molar-refractivity contribution in [3.8, 4) is 51.7 Å². The number of Topliss-reactive ketones (excluding diaryl/α,β-unsaturated/α-hetero) is 3. The van der Waals surface area contributed by atoms with E-state index in [4.69, 9.17) is 0 Å². The maximum absolute atomic E-state index is 12.0. The summed E-state index contributed by atoms with van der Waals surface area (Å²) in [6, 6.07) is 3.63. The summed E-state index contributed by atoms with van der Waals surface area (Å²) in [4.78, 5) is 35.7. The average molecular weight is 797 g/mol. The van der Waals surface area contributed by atoms with Crippen LogP contribution in [0.15, 0.2) is 30.4 Å². The highest BCUT2D eigenvalue weighted by molar-refractivity contribution is 6.01. The Morgan fingerprint density at radius 2 is 0.702 bits per heavy atom. The number of benzene rings is 3. The number of hydrogen-bond acceptors (Lipinski definition) is 12. The van der Waals surface area contributed by atoms with Crippen molar-refractivity contribution in [1.82, 2.24) is 0 Å². The van der Waals surface area contributed by atoms with Crippen LogP contribution in [-0.4, -0.2) is 63.3 Å². The van der Waals surface area contributed by atoms with E-state index in [1.54, 1.807) is 0 Å². The van der Waals surface area contributed by atoms with E-state index in [-0.39, 0.29) is 74.4 Å². The molecule has 0 fully saturated rings. The van der Waals surface area contributed by atoms with E-state index in [9.17, 15) is 60.3 Å². The second-order valence-electron chi connectivity index (χ2n) is 14.2. The van der Waals surface area contributed by atoms with Crippen LogP contribution in [0.4, 0.5) is 0 Å². The SMILES string of the molecule is CCCCC/C=C/CCC(=O)c1cc(O)c(C)c(O)c1O.CCCCCC(=O)c1cc(O)c(C)c(O)c1O.CCCCCCCC(=O)c1cc(O)c(C)c(O)c1O. The van der Waals surface area contributed by atoms with Crippen molar-refractivity contribution in [2.45, 2.75) is 144 Å². The minimum absolute atomic E-state index is 0.00362. The number of phenols is 9. The third kappa shape index (κ3) is 15.6. The fraction of sp³-hybridized carbons (Fsp3) is 0.489. The molecular weight excluding hydrogens is 732 g/mol. The molecule has 3 aromatic carbocycles. The van der Waals surface area contributed by atoms with Crippen molar-refractivity contribution in [3.05, 3.63) is 63.7 Å². The zero-order valence-electron chi connectivity index (χ0n) is 34.5. The third-order valence-corrected chi connectivity index (χ3v) is 9.59. The summed E-state index contributed by atoms with van der Waals surface area (Å²) in [5.74, 6) is -3.98. The molecule has 12 nitrogen and oxygen atoms in total.